The quantitative estimate of drug-likeness (QED) is 0.743. The van der Waals surface area contributed by atoms with Crippen LogP contribution < -0.4 is 5.32 Å². The average Bonchev–Trinajstić information content (AvgIpc) is 3.19. The highest BCUT2D eigenvalue weighted by atomic mass is 35.5. The van der Waals surface area contributed by atoms with Crippen LogP contribution in [0.2, 0.25) is 0 Å². The van der Waals surface area contributed by atoms with E-state index in [0.717, 1.165) is 28.5 Å². The largest absolute Gasteiger partial charge is 0.472 e. The highest BCUT2D eigenvalue weighted by Crippen LogP contribution is 2.24. The molecular weight excluding hydrogens is 324 g/mol. The van der Waals surface area contributed by atoms with Gasteiger partial charge in [-0.2, -0.15) is 4.98 Å². The molecule has 1 N–H and O–H groups in total. The Bertz CT molecular complexity index is 695. The van der Waals surface area contributed by atoms with Gasteiger partial charge < -0.3 is 14.3 Å². The SMILES string of the molecule is CNC(C)Cc1noc(Cc2csc(-c3ccoc3)n2)n1.Cl. The maximum atomic E-state index is 5.27. The van der Waals surface area contributed by atoms with E-state index in [1.807, 2.05) is 18.5 Å². The van der Waals surface area contributed by atoms with Crippen molar-refractivity contribution >= 4 is 23.7 Å². The molecule has 0 amide bonds. The van der Waals surface area contributed by atoms with Crippen LogP contribution in [0.1, 0.15) is 24.3 Å². The predicted octanol–water partition coefficient (Wildman–Crippen LogP) is 2.95. The Morgan fingerprint density at radius 2 is 2.23 bits per heavy atom. The summed E-state index contributed by atoms with van der Waals surface area (Å²) >= 11 is 1.58. The Balaban J connectivity index is 0.00000176. The summed E-state index contributed by atoms with van der Waals surface area (Å²) in [5, 5.41) is 10.1. The third-order valence-electron chi connectivity index (χ3n) is 3.14. The van der Waals surface area contributed by atoms with Gasteiger partial charge in [0.2, 0.25) is 5.89 Å². The molecular formula is C14H17ClN4O2S. The molecule has 1 atom stereocenters. The molecule has 118 valence electrons. The van der Waals surface area contributed by atoms with Crippen LogP contribution in [0.5, 0.6) is 0 Å². The molecule has 1 unspecified atom stereocenters. The van der Waals surface area contributed by atoms with Crippen molar-refractivity contribution in [2.75, 3.05) is 7.05 Å². The number of thiazole rings is 1. The number of likely N-dealkylation sites (N-methyl/N-ethyl adjacent to an activating group) is 1. The molecule has 22 heavy (non-hydrogen) atoms. The third-order valence-corrected chi connectivity index (χ3v) is 4.08. The molecule has 0 saturated heterocycles. The summed E-state index contributed by atoms with van der Waals surface area (Å²) in [6, 6.07) is 2.22. The van der Waals surface area contributed by atoms with Gasteiger partial charge in [0, 0.05) is 23.4 Å². The van der Waals surface area contributed by atoms with Crippen LogP contribution in [0, 0.1) is 0 Å². The fourth-order valence-corrected chi connectivity index (χ4v) is 2.69. The molecule has 0 radical (unpaired) electrons. The molecule has 3 aromatic rings. The van der Waals surface area contributed by atoms with Crippen LogP contribution in [-0.4, -0.2) is 28.2 Å². The molecule has 3 heterocycles. The minimum absolute atomic E-state index is 0. The monoisotopic (exact) mass is 340 g/mol. The van der Waals surface area contributed by atoms with E-state index in [9.17, 15) is 0 Å². The summed E-state index contributed by atoms with van der Waals surface area (Å²) < 4.78 is 10.3. The molecule has 0 aliphatic heterocycles. The van der Waals surface area contributed by atoms with Crippen molar-refractivity contribution in [1.29, 1.82) is 0 Å². The molecule has 0 aliphatic carbocycles. The molecule has 8 heteroatoms. The number of rotatable bonds is 6. The first-order valence-electron chi connectivity index (χ1n) is 6.70. The van der Waals surface area contributed by atoms with Crippen molar-refractivity contribution in [3.8, 4) is 10.6 Å². The number of hydrogen-bond acceptors (Lipinski definition) is 7. The number of nitrogens with zero attached hydrogens (tertiary/aromatic N) is 3. The van der Waals surface area contributed by atoms with Crippen molar-refractivity contribution in [1.82, 2.24) is 20.4 Å². The highest BCUT2D eigenvalue weighted by molar-refractivity contribution is 7.13. The van der Waals surface area contributed by atoms with E-state index < -0.39 is 0 Å². The van der Waals surface area contributed by atoms with E-state index >= 15 is 0 Å². The summed E-state index contributed by atoms with van der Waals surface area (Å²) in [5.41, 5.74) is 1.91. The van der Waals surface area contributed by atoms with Crippen LogP contribution in [0.15, 0.2) is 32.9 Å². The van der Waals surface area contributed by atoms with Gasteiger partial charge in [-0.05, 0) is 20.0 Å². The fraction of sp³-hybridized carbons (Fsp3) is 0.357. The molecule has 0 bridgehead atoms. The summed E-state index contributed by atoms with van der Waals surface area (Å²) in [6.45, 7) is 2.08. The minimum Gasteiger partial charge on any atom is -0.472 e. The lowest BCUT2D eigenvalue weighted by molar-refractivity contribution is 0.376. The van der Waals surface area contributed by atoms with Gasteiger partial charge in [-0.15, -0.1) is 23.7 Å². The van der Waals surface area contributed by atoms with E-state index in [1.54, 1.807) is 23.9 Å². The van der Waals surface area contributed by atoms with E-state index in [1.165, 1.54) is 0 Å². The molecule has 0 aromatic carbocycles. The lowest BCUT2D eigenvalue weighted by Gasteiger charge is -2.04. The Hall–Kier alpha value is -1.70. The molecule has 0 saturated carbocycles. The molecule has 0 fully saturated rings. The van der Waals surface area contributed by atoms with E-state index in [4.69, 9.17) is 8.94 Å². The zero-order chi connectivity index (χ0) is 14.7. The second-order valence-electron chi connectivity index (χ2n) is 4.83. The molecule has 3 rings (SSSR count). The Morgan fingerprint density at radius 1 is 1.36 bits per heavy atom. The van der Waals surface area contributed by atoms with Gasteiger partial charge in [-0.3, -0.25) is 0 Å². The number of halogens is 1. The van der Waals surface area contributed by atoms with Gasteiger partial charge in [0.05, 0.1) is 18.4 Å². The van der Waals surface area contributed by atoms with Gasteiger partial charge in [0.1, 0.15) is 11.3 Å². The highest BCUT2D eigenvalue weighted by Gasteiger charge is 2.12. The maximum absolute atomic E-state index is 5.27. The first-order valence-corrected chi connectivity index (χ1v) is 7.58. The lowest BCUT2D eigenvalue weighted by atomic mass is 10.2. The predicted molar refractivity (Wildman–Crippen MR) is 86.4 cm³/mol. The third kappa shape index (κ3) is 3.94. The van der Waals surface area contributed by atoms with Crippen LogP contribution in [-0.2, 0) is 12.8 Å². The molecule has 6 nitrogen and oxygen atoms in total. The van der Waals surface area contributed by atoms with Crippen LogP contribution in [0.3, 0.4) is 0 Å². The van der Waals surface area contributed by atoms with Gasteiger partial charge in [-0.1, -0.05) is 5.16 Å². The molecule has 3 aromatic heterocycles. The summed E-state index contributed by atoms with van der Waals surface area (Å²) in [6.07, 6.45) is 4.63. The number of furan rings is 1. The average molecular weight is 341 g/mol. The number of hydrogen-bond donors (Lipinski definition) is 1. The van der Waals surface area contributed by atoms with Crippen molar-refractivity contribution < 1.29 is 8.94 Å². The van der Waals surface area contributed by atoms with Crippen molar-refractivity contribution in [3.63, 3.8) is 0 Å². The normalized spacial score (nSPS) is 12.1. The fourth-order valence-electron chi connectivity index (χ4n) is 1.88. The zero-order valence-electron chi connectivity index (χ0n) is 12.3. The minimum atomic E-state index is 0. The topological polar surface area (TPSA) is 77.0 Å². The van der Waals surface area contributed by atoms with Crippen LogP contribution >= 0.6 is 23.7 Å². The maximum Gasteiger partial charge on any atom is 0.232 e. The van der Waals surface area contributed by atoms with Gasteiger partial charge >= 0.3 is 0 Å². The summed E-state index contributed by atoms with van der Waals surface area (Å²) in [4.78, 5) is 8.95. The van der Waals surface area contributed by atoms with Crippen molar-refractivity contribution in [3.05, 3.63) is 41.4 Å². The number of nitrogens with one attached hydrogen (secondary N) is 1. The Labute approximate surface area is 138 Å². The van der Waals surface area contributed by atoms with Crippen LogP contribution in [0.4, 0.5) is 0 Å². The summed E-state index contributed by atoms with van der Waals surface area (Å²) in [5.74, 6) is 1.31. The van der Waals surface area contributed by atoms with Gasteiger partial charge in [0.25, 0.3) is 0 Å². The number of aromatic nitrogens is 3. The molecule has 0 spiro atoms. The standard InChI is InChI=1S/C14H16N4O2S.ClH/c1-9(15-2)5-12-17-13(20-18-12)6-11-8-21-14(16-11)10-3-4-19-7-10;/h3-4,7-9,15H,5-6H2,1-2H3;1H. The van der Waals surface area contributed by atoms with E-state index in [0.29, 0.717) is 18.4 Å². The first kappa shape index (κ1) is 16.7. The molecule has 0 aliphatic rings. The second-order valence-corrected chi connectivity index (χ2v) is 5.69. The van der Waals surface area contributed by atoms with Crippen molar-refractivity contribution in [2.45, 2.75) is 25.8 Å². The van der Waals surface area contributed by atoms with Gasteiger partial charge in [0.15, 0.2) is 5.82 Å². The smallest absolute Gasteiger partial charge is 0.232 e. The Kier molecular flexibility index (Phi) is 5.70. The second kappa shape index (κ2) is 7.53. The van der Waals surface area contributed by atoms with Gasteiger partial charge in [-0.25, -0.2) is 4.98 Å². The summed E-state index contributed by atoms with van der Waals surface area (Å²) in [7, 11) is 1.92. The Morgan fingerprint density at radius 3 is 2.95 bits per heavy atom. The van der Waals surface area contributed by atoms with Crippen LogP contribution in [0.25, 0.3) is 10.6 Å². The lowest BCUT2D eigenvalue weighted by Crippen LogP contribution is -2.24. The van der Waals surface area contributed by atoms with E-state index in [-0.39, 0.29) is 12.4 Å². The van der Waals surface area contributed by atoms with E-state index in [2.05, 4.69) is 27.4 Å². The first-order chi connectivity index (χ1) is 10.2. The van der Waals surface area contributed by atoms with Crippen molar-refractivity contribution in [2.24, 2.45) is 0 Å². The zero-order valence-corrected chi connectivity index (χ0v) is 13.9.